The first-order valence-corrected chi connectivity index (χ1v) is 7.73. The van der Waals surface area contributed by atoms with Crippen LogP contribution in [-0.2, 0) is 0 Å². The number of nitrogens with zero attached hydrogens (tertiary/aromatic N) is 1. The van der Waals surface area contributed by atoms with Crippen molar-refractivity contribution in [1.29, 1.82) is 0 Å². The molecule has 4 heteroatoms. The average molecular weight is 281 g/mol. The molecule has 0 spiro atoms. The molecular formula is C14H17ClN2S. The summed E-state index contributed by atoms with van der Waals surface area (Å²) in [7, 11) is 0. The lowest BCUT2D eigenvalue weighted by Crippen LogP contribution is -2.25. The van der Waals surface area contributed by atoms with Crippen molar-refractivity contribution in [3.63, 3.8) is 0 Å². The van der Waals surface area contributed by atoms with Gasteiger partial charge in [-0.3, -0.25) is 0 Å². The van der Waals surface area contributed by atoms with Gasteiger partial charge in [-0.25, -0.2) is 4.98 Å². The van der Waals surface area contributed by atoms with Crippen LogP contribution in [0.25, 0.3) is 10.2 Å². The molecule has 2 N–H and O–H groups in total. The van der Waals surface area contributed by atoms with Crippen LogP contribution >= 0.6 is 22.9 Å². The zero-order valence-corrected chi connectivity index (χ0v) is 11.8. The SMILES string of the molecule is NCC1CCCCC1c1nc2cc(Cl)ccc2s1. The molecular weight excluding hydrogens is 264 g/mol. The molecule has 3 rings (SSSR count). The van der Waals surface area contributed by atoms with Crippen LogP contribution in [0.5, 0.6) is 0 Å². The Hall–Kier alpha value is -0.640. The van der Waals surface area contributed by atoms with Crippen molar-refractivity contribution >= 4 is 33.2 Å². The van der Waals surface area contributed by atoms with E-state index < -0.39 is 0 Å². The molecule has 1 heterocycles. The van der Waals surface area contributed by atoms with E-state index in [1.807, 2.05) is 12.1 Å². The number of hydrogen-bond acceptors (Lipinski definition) is 3. The lowest BCUT2D eigenvalue weighted by molar-refractivity contribution is 0.314. The monoisotopic (exact) mass is 280 g/mol. The molecule has 0 saturated heterocycles. The van der Waals surface area contributed by atoms with Crippen molar-refractivity contribution in [2.24, 2.45) is 11.7 Å². The van der Waals surface area contributed by atoms with E-state index in [1.54, 1.807) is 11.3 Å². The predicted molar refractivity (Wildman–Crippen MR) is 78.4 cm³/mol. The molecule has 1 aliphatic rings. The maximum absolute atomic E-state index is 6.01. The summed E-state index contributed by atoms with van der Waals surface area (Å²) >= 11 is 7.82. The molecule has 1 aliphatic carbocycles. The standard InChI is InChI=1S/C14H17ClN2S/c15-10-5-6-13-12(7-10)17-14(18-13)11-4-2-1-3-9(11)8-16/h5-7,9,11H,1-4,8,16H2. The van der Waals surface area contributed by atoms with E-state index >= 15 is 0 Å². The van der Waals surface area contributed by atoms with Crippen LogP contribution in [0.1, 0.15) is 36.6 Å². The Morgan fingerprint density at radius 3 is 3.00 bits per heavy atom. The second-order valence-electron chi connectivity index (χ2n) is 5.05. The number of hydrogen-bond donors (Lipinski definition) is 1. The lowest BCUT2D eigenvalue weighted by atomic mass is 9.79. The van der Waals surface area contributed by atoms with Crippen LogP contribution in [0.3, 0.4) is 0 Å². The normalized spacial score (nSPS) is 24.6. The first-order valence-electron chi connectivity index (χ1n) is 6.54. The van der Waals surface area contributed by atoms with E-state index in [4.69, 9.17) is 22.3 Å². The summed E-state index contributed by atoms with van der Waals surface area (Å²) in [6, 6.07) is 5.96. The molecule has 1 aromatic heterocycles. The summed E-state index contributed by atoms with van der Waals surface area (Å²) in [5, 5.41) is 2.01. The molecule has 2 atom stereocenters. The number of benzene rings is 1. The third-order valence-electron chi connectivity index (χ3n) is 3.90. The fourth-order valence-corrected chi connectivity index (χ4v) is 4.23. The van der Waals surface area contributed by atoms with Crippen molar-refractivity contribution in [1.82, 2.24) is 4.98 Å². The minimum Gasteiger partial charge on any atom is -0.330 e. The summed E-state index contributed by atoms with van der Waals surface area (Å²) in [6.45, 7) is 0.779. The second kappa shape index (κ2) is 5.16. The van der Waals surface area contributed by atoms with Crippen molar-refractivity contribution < 1.29 is 0 Å². The zero-order valence-electron chi connectivity index (χ0n) is 10.2. The molecule has 0 bridgehead atoms. The van der Waals surface area contributed by atoms with Gasteiger partial charge in [0.15, 0.2) is 0 Å². The van der Waals surface area contributed by atoms with E-state index in [-0.39, 0.29) is 0 Å². The molecule has 2 aromatic rings. The number of thiazole rings is 1. The lowest BCUT2D eigenvalue weighted by Gasteiger charge is -2.28. The van der Waals surface area contributed by atoms with Crippen molar-refractivity contribution in [3.05, 3.63) is 28.2 Å². The van der Waals surface area contributed by atoms with E-state index in [1.165, 1.54) is 35.4 Å². The molecule has 2 nitrogen and oxygen atoms in total. The highest BCUT2D eigenvalue weighted by atomic mass is 35.5. The van der Waals surface area contributed by atoms with Gasteiger partial charge in [0.2, 0.25) is 0 Å². The van der Waals surface area contributed by atoms with Crippen molar-refractivity contribution in [2.75, 3.05) is 6.54 Å². The largest absolute Gasteiger partial charge is 0.330 e. The highest BCUT2D eigenvalue weighted by Crippen LogP contribution is 2.40. The Kier molecular flexibility index (Phi) is 3.55. The number of fused-ring (bicyclic) bond motifs is 1. The fraction of sp³-hybridized carbons (Fsp3) is 0.500. The van der Waals surface area contributed by atoms with Gasteiger partial charge in [0.05, 0.1) is 15.2 Å². The van der Waals surface area contributed by atoms with Crippen LogP contribution in [0, 0.1) is 5.92 Å². The van der Waals surface area contributed by atoms with E-state index in [0.717, 1.165) is 17.1 Å². The summed E-state index contributed by atoms with van der Waals surface area (Å²) in [5.74, 6) is 1.16. The topological polar surface area (TPSA) is 38.9 Å². The van der Waals surface area contributed by atoms with Crippen molar-refractivity contribution in [2.45, 2.75) is 31.6 Å². The van der Waals surface area contributed by atoms with Gasteiger partial charge >= 0.3 is 0 Å². The number of aromatic nitrogens is 1. The Bertz CT molecular complexity index is 552. The second-order valence-corrected chi connectivity index (χ2v) is 6.55. The quantitative estimate of drug-likeness (QED) is 0.896. The van der Waals surface area contributed by atoms with Crippen LogP contribution < -0.4 is 5.73 Å². The van der Waals surface area contributed by atoms with Crippen LogP contribution in [0.2, 0.25) is 5.02 Å². The maximum atomic E-state index is 6.01. The van der Waals surface area contributed by atoms with Gasteiger partial charge < -0.3 is 5.73 Å². The molecule has 1 aromatic carbocycles. The van der Waals surface area contributed by atoms with Crippen LogP contribution in [0.4, 0.5) is 0 Å². The van der Waals surface area contributed by atoms with Gasteiger partial charge in [-0.1, -0.05) is 24.4 Å². The molecule has 2 unspecified atom stereocenters. The fourth-order valence-electron chi connectivity index (χ4n) is 2.89. The highest BCUT2D eigenvalue weighted by Gasteiger charge is 2.27. The third-order valence-corrected chi connectivity index (χ3v) is 5.30. The first kappa shape index (κ1) is 12.4. The molecule has 18 heavy (non-hydrogen) atoms. The minimum atomic E-state index is 0.555. The van der Waals surface area contributed by atoms with Crippen molar-refractivity contribution in [3.8, 4) is 0 Å². The van der Waals surface area contributed by atoms with E-state index in [9.17, 15) is 0 Å². The van der Waals surface area contributed by atoms with Crippen LogP contribution in [0.15, 0.2) is 18.2 Å². The van der Waals surface area contributed by atoms with Crippen LogP contribution in [-0.4, -0.2) is 11.5 Å². The van der Waals surface area contributed by atoms with Gasteiger partial charge in [-0.2, -0.15) is 0 Å². The van der Waals surface area contributed by atoms with Gasteiger partial charge in [-0.05, 0) is 43.5 Å². The summed E-state index contributed by atoms with van der Waals surface area (Å²) in [4.78, 5) is 4.77. The predicted octanol–water partition coefficient (Wildman–Crippen LogP) is 4.18. The molecule has 0 aliphatic heterocycles. The van der Waals surface area contributed by atoms with Gasteiger partial charge in [-0.15, -0.1) is 11.3 Å². The van der Waals surface area contributed by atoms with Gasteiger partial charge in [0.25, 0.3) is 0 Å². The summed E-state index contributed by atoms with van der Waals surface area (Å²) in [6.07, 6.45) is 5.10. The molecule has 0 amide bonds. The van der Waals surface area contributed by atoms with Gasteiger partial charge in [0.1, 0.15) is 0 Å². The molecule has 0 radical (unpaired) electrons. The molecule has 96 valence electrons. The highest BCUT2D eigenvalue weighted by molar-refractivity contribution is 7.18. The third kappa shape index (κ3) is 2.27. The maximum Gasteiger partial charge on any atom is 0.0972 e. The van der Waals surface area contributed by atoms with Gasteiger partial charge in [0, 0.05) is 10.9 Å². The minimum absolute atomic E-state index is 0.555. The Labute approximate surface area is 116 Å². The average Bonchev–Trinajstić information content (AvgIpc) is 2.81. The molecule has 1 fully saturated rings. The zero-order chi connectivity index (χ0) is 12.5. The Balaban J connectivity index is 1.97. The number of rotatable bonds is 2. The summed E-state index contributed by atoms with van der Waals surface area (Å²) < 4.78 is 1.23. The molecule has 1 saturated carbocycles. The Morgan fingerprint density at radius 1 is 1.33 bits per heavy atom. The Morgan fingerprint density at radius 2 is 2.17 bits per heavy atom. The van der Waals surface area contributed by atoms with E-state index in [2.05, 4.69) is 6.07 Å². The number of nitrogens with two attached hydrogens (primary N) is 1. The number of halogens is 1. The van der Waals surface area contributed by atoms with E-state index in [0.29, 0.717) is 11.8 Å². The first-order chi connectivity index (χ1) is 8.78. The summed E-state index contributed by atoms with van der Waals surface area (Å²) in [5.41, 5.74) is 6.94. The smallest absolute Gasteiger partial charge is 0.0972 e.